The molecule has 1 heterocycles. The molecule has 3 aromatic carbocycles. The molecule has 1 aliphatic heterocycles. The number of hydrazine groups is 1. The molecule has 9 heteroatoms. The summed E-state index contributed by atoms with van der Waals surface area (Å²) in [4.78, 5) is 47.8. The third-order valence-corrected chi connectivity index (χ3v) is 5.84. The Hall–Kier alpha value is -4.24. The van der Waals surface area contributed by atoms with Crippen LogP contribution in [-0.4, -0.2) is 41.0 Å². The van der Waals surface area contributed by atoms with Crippen LogP contribution in [0.25, 0.3) is 10.8 Å². The van der Waals surface area contributed by atoms with Gasteiger partial charge in [-0.3, -0.25) is 25.2 Å². The van der Waals surface area contributed by atoms with Crippen LogP contribution < -0.4 is 16.2 Å². The van der Waals surface area contributed by atoms with E-state index in [2.05, 4.69) is 16.2 Å². The largest absolute Gasteiger partial charge is 0.479 e. The zero-order valence-electron chi connectivity index (χ0n) is 19.0. The first-order chi connectivity index (χ1) is 16.8. The molecule has 0 aromatic heterocycles. The van der Waals surface area contributed by atoms with Crippen molar-refractivity contribution in [1.82, 2.24) is 16.2 Å². The van der Waals surface area contributed by atoms with Crippen molar-refractivity contribution >= 4 is 34.5 Å². The lowest BCUT2D eigenvalue weighted by Gasteiger charge is -2.18. The Labute approximate surface area is 201 Å². The number of ether oxygens (including phenoxy) is 1. The number of hydrogen-bond acceptors (Lipinski definition) is 5. The molecule has 0 saturated carbocycles. The fourth-order valence-electron chi connectivity index (χ4n) is 3.95. The Morgan fingerprint density at radius 2 is 1.63 bits per heavy atom. The van der Waals surface area contributed by atoms with E-state index >= 15 is 0 Å². The summed E-state index contributed by atoms with van der Waals surface area (Å²) >= 11 is 0. The van der Waals surface area contributed by atoms with Gasteiger partial charge in [-0.15, -0.1) is 0 Å². The van der Waals surface area contributed by atoms with Crippen LogP contribution in [0, 0.1) is 0 Å². The first kappa shape index (κ1) is 23.9. The summed E-state index contributed by atoms with van der Waals surface area (Å²) in [5.74, 6) is -2.69. The fraction of sp³-hybridized carbons (Fsp3) is 0.231. The van der Waals surface area contributed by atoms with Gasteiger partial charge in [0.05, 0.1) is 6.04 Å². The molecule has 180 valence electrons. The number of hydrogen-bond donors (Lipinski definition) is 4. The fourth-order valence-corrected chi connectivity index (χ4v) is 3.95. The maximum Gasteiger partial charge on any atom is 0.336 e. The number of aliphatic carboxylic acids is 1. The second kappa shape index (κ2) is 10.4. The van der Waals surface area contributed by atoms with E-state index in [0.29, 0.717) is 11.1 Å². The quantitative estimate of drug-likeness (QED) is 0.291. The normalized spacial score (nSPS) is 17.3. The van der Waals surface area contributed by atoms with Gasteiger partial charge in [0.25, 0.3) is 11.8 Å². The minimum absolute atomic E-state index is 0.0112. The van der Waals surface area contributed by atoms with Crippen molar-refractivity contribution in [2.75, 3.05) is 0 Å². The highest BCUT2D eigenvalue weighted by atomic mass is 16.6. The maximum atomic E-state index is 13.1. The number of carbonyl (C=O) groups excluding carboxylic acids is 3. The van der Waals surface area contributed by atoms with Crippen LogP contribution in [0.15, 0.2) is 66.7 Å². The van der Waals surface area contributed by atoms with Gasteiger partial charge in [0, 0.05) is 12.0 Å². The van der Waals surface area contributed by atoms with Gasteiger partial charge in [0.1, 0.15) is 0 Å². The molecule has 9 nitrogen and oxygen atoms in total. The summed E-state index contributed by atoms with van der Waals surface area (Å²) in [6.07, 6.45) is -2.02. The number of carboxylic acids is 1. The highest BCUT2D eigenvalue weighted by Gasteiger charge is 2.50. The molecule has 1 fully saturated rings. The highest BCUT2D eigenvalue weighted by Crippen LogP contribution is 2.25. The van der Waals surface area contributed by atoms with Gasteiger partial charge in [0.15, 0.2) is 12.2 Å². The molecular formula is C26H25N3O6. The molecule has 1 saturated heterocycles. The minimum Gasteiger partial charge on any atom is -0.479 e. The molecule has 0 bridgehead atoms. The van der Waals surface area contributed by atoms with E-state index in [4.69, 9.17) is 9.84 Å². The molecule has 0 aliphatic carbocycles. The zero-order valence-corrected chi connectivity index (χ0v) is 19.0. The number of aryl methyl sites for hydroxylation is 1. The topological polar surface area (TPSA) is 137 Å². The number of fused-ring (bicyclic) bond motifs is 1. The van der Waals surface area contributed by atoms with Crippen LogP contribution in [-0.2, 0) is 25.5 Å². The lowest BCUT2D eigenvalue weighted by Crippen LogP contribution is -2.44. The third-order valence-electron chi connectivity index (χ3n) is 5.84. The van der Waals surface area contributed by atoms with Gasteiger partial charge in [-0.2, -0.15) is 0 Å². The molecule has 4 N–H and O–H groups in total. The predicted molar refractivity (Wildman–Crippen MR) is 127 cm³/mol. The van der Waals surface area contributed by atoms with Crippen LogP contribution >= 0.6 is 0 Å². The SMILES string of the molecule is C[C@@H](NC(=O)c1ccccc1CCC(=O)NNC(=O)[C@@H]1O[C@H]1C(=O)O)c1cccc2ccccc12. The average Bonchev–Trinajstić information content (AvgIpc) is 3.67. The van der Waals surface area contributed by atoms with Gasteiger partial charge in [0.2, 0.25) is 5.91 Å². The van der Waals surface area contributed by atoms with Crippen molar-refractivity contribution in [1.29, 1.82) is 0 Å². The van der Waals surface area contributed by atoms with E-state index in [1.807, 2.05) is 49.4 Å². The van der Waals surface area contributed by atoms with E-state index in [1.165, 1.54) is 0 Å². The first-order valence-corrected chi connectivity index (χ1v) is 11.2. The Morgan fingerprint density at radius 1 is 0.914 bits per heavy atom. The van der Waals surface area contributed by atoms with Crippen molar-refractivity contribution in [2.45, 2.75) is 38.0 Å². The second-order valence-electron chi connectivity index (χ2n) is 8.27. The molecule has 1 aliphatic rings. The second-order valence-corrected chi connectivity index (χ2v) is 8.27. The molecule has 3 aromatic rings. The summed E-state index contributed by atoms with van der Waals surface area (Å²) in [5, 5.41) is 14.0. The summed E-state index contributed by atoms with van der Waals surface area (Å²) in [6, 6.07) is 20.8. The van der Waals surface area contributed by atoms with Gasteiger partial charge in [-0.1, -0.05) is 60.7 Å². The van der Waals surface area contributed by atoms with Crippen LogP contribution in [0.5, 0.6) is 0 Å². The molecule has 0 spiro atoms. The van der Waals surface area contributed by atoms with Crippen molar-refractivity contribution < 1.29 is 29.0 Å². The predicted octanol–water partition coefficient (Wildman–Crippen LogP) is 2.26. The van der Waals surface area contributed by atoms with Gasteiger partial charge in [-0.05, 0) is 41.3 Å². The number of rotatable bonds is 8. The molecule has 0 unspecified atom stereocenters. The summed E-state index contributed by atoms with van der Waals surface area (Å²) in [6.45, 7) is 1.93. The Bertz CT molecular complexity index is 1290. The summed E-state index contributed by atoms with van der Waals surface area (Å²) in [7, 11) is 0. The molecular weight excluding hydrogens is 450 g/mol. The number of carbonyl (C=O) groups is 4. The molecule has 35 heavy (non-hydrogen) atoms. The van der Waals surface area contributed by atoms with E-state index in [0.717, 1.165) is 16.3 Å². The first-order valence-electron chi connectivity index (χ1n) is 11.2. The average molecular weight is 476 g/mol. The number of benzene rings is 3. The van der Waals surface area contributed by atoms with Crippen LogP contribution in [0.4, 0.5) is 0 Å². The van der Waals surface area contributed by atoms with E-state index in [9.17, 15) is 19.2 Å². The minimum atomic E-state index is -1.24. The van der Waals surface area contributed by atoms with E-state index < -0.39 is 30.0 Å². The van der Waals surface area contributed by atoms with Crippen LogP contribution in [0.3, 0.4) is 0 Å². The van der Waals surface area contributed by atoms with Gasteiger partial charge in [-0.25, -0.2) is 4.79 Å². The van der Waals surface area contributed by atoms with Crippen molar-refractivity contribution in [3.63, 3.8) is 0 Å². The monoisotopic (exact) mass is 475 g/mol. The Balaban J connectivity index is 1.34. The van der Waals surface area contributed by atoms with Gasteiger partial charge < -0.3 is 15.2 Å². The Kier molecular flexibility index (Phi) is 7.07. The third kappa shape index (κ3) is 5.64. The van der Waals surface area contributed by atoms with Gasteiger partial charge >= 0.3 is 5.97 Å². The molecule has 3 amide bonds. The van der Waals surface area contributed by atoms with E-state index in [-0.39, 0.29) is 24.8 Å². The standard InChI is InChI=1S/C26H25N3O6/c1-15(18-12-6-9-16-7-2-4-10-19(16)18)27-24(31)20-11-5-3-8-17(20)13-14-21(30)28-29-25(32)22-23(35-22)26(33)34/h2-12,15,22-23H,13-14H2,1H3,(H,27,31)(H,28,30)(H,29,32)(H,33,34)/t15-,22-,23-/m1/s1. The lowest BCUT2D eigenvalue weighted by molar-refractivity contribution is -0.138. The number of carboxylic acid groups (broad SMARTS) is 1. The molecule has 3 atom stereocenters. The smallest absolute Gasteiger partial charge is 0.336 e. The zero-order chi connectivity index (χ0) is 24.9. The number of epoxide rings is 1. The van der Waals surface area contributed by atoms with Crippen LogP contribution in [0.2, 0.25) is 0 Å². The lowest BCUT2D eigenvalue weighted by atomic mass is 9.98. The van der Waals surface area contributed by atoms with Crippen molar-refractivity contribution in [3.8, 4) is 0 Å². The molecule has 4 rings (SSSR count). The van der Waals surface area contributed by atoms with Crippen molar-refractivity contribution in [3.05, 3.63) is 83.4 Å². The maximum absolute atomic E-state index is 13.1. The summed E-state index contributed by atoms with van der Waals surface area (Å²) in [5.41, 5.74) is 6.56. The molecule has 0 radical (unpaired) electrons. The van der Waals surface area contributed by atoms with E-state index in [1.54, 1.807) is 24.3 Å². The number of amides is 3. The van der Waals surface area contributed by atoms with Crippen molar-refractivity contribution in [2.24, 2.45) is 0 Å². The summed E-state index contributed by atoms with van der Waals surface area (Å²) < 4.78 is 4.72. The Morgan fingerprint density at radius 3 is 2.40 bits per heavy atom. The highest BCUT2D eigenvalue weighted by molar-refractivity contribution is 5.97. The number of nitrogens with one attached hydrogen (secondary N) is 3. The van der Waals surface area contributed by atoms with Crippen LogP contribution in [0.1, 0.15) is 40.9 Å².